The topological polar surface area (TPSA) is 58.2 Å². The molecule has 1 heterocycles. The number of piperidine rings is 1. The summed E-state index contributed by atoms with van der Waals surface area (Å²) in [6, 6.07) is 4.27. The SMILES string of the molecule is Cc1cccc(S(=O)(=O)NC2CCNCC2C)c1F.Cl. The van der Waals surface area contributed by atoms with E-state index in [0.29, 0.717) is 12.0 Å². The van der Waals surface area contributed by atoms with Crippen molar-refractivity contribution in [3.63, 3.8) is 0 Å². The number of aryl methyl sites for hydroxylation is 1. The summed E-state index contributed by atoms with van der Waals surface area (Å²) in [6.07, 6.45) is 0.716. The van der Waals surface area contributed by atoms with Crippen molar-refractivity contribution in [1.29, 1.82) is 0 Å². The molecule has 2 atom stereocenters. The van der Waals surface area contributed by atoms with Crippen LogP contribution in [0.4, 0.5) is 4.39 Å². The minimum atomic E-state index is -3.80. The van der Waals surface area contributed by atoms with Crippen LogP contribution in [0.25, 0.3) is 0 Å². The van der Waals surface area contributed by atoms with Crippen LogP contribution >= 0.6 is 12.4 Å². The second-order valence-electron chi connectivity index (χ2n) is 5.08. The van der Waals surface area contributed by atoms with E-state index in [1.54, 1.807) is 19.1 Å². The van der Waals surface area contributed by atoms with Gasteiger partial charge in [0.15, 0.2) is 0 Å². The quantitative estimate of drug-likeness (QED) is 0.892. The Morgan fingerprint density at radius 1 is 1.40 bits per heavy atom. The number of halogens is 2. The maximum absolute atomic E-state index is 13.9. The summed E-state index contributed by atoms with van der Waals surface area (Å²) in [5, 5.41) is 3.20. The number of sulfonamides is 1. The van der Waals surface area contributed by atoms with Crippen molar-refractivity contribution >= 4 is 22.4 Å². The molecule has 1 aliphatic rings. The third-order valence-electron chi connectivity index (χ3n) is 3.54. The lowest BCUT2D eigenvalue weighted by Gasteiger charge is -2.30. The average Bonchev–Trinajstić information content (AvgIpc) is 2.35. The Bertz CT molecular complexity index is 565. The van der Waals surface area contributed by atoms with Crippen LogP contribution in [0.3, 0.4) is 0 Å². The van der Waals surface area contributed by atoms with Gasteiger partial charge in [-0.1, -0.05) is 19.1 Å². The third-order valence-corrected chi connectivity index (χ3v) is 5.05. The van der Waals surface area contributed by atoms with Gasteiger partial charge >= 0.3 is 0 Å². The first-order valence-corrected chi connectivity index (χ1v) is 7.88. The monoisotopic (exact) mass is 322 g/mol. The highest BCUT2D eigenvalue weighted by Crippen LogP contribution is 2.20. The largest absolute Gasteiger partial charge is 0.316 e. The molecule has 1 fully saturated rings. The fourth-order valence-corrected chi connectivity index (χ4v) is 3.81. The van der Waals surface area contributed by atoms with Gasteiger partial charge < -0.3 is 5.32 Å². The Kier molecular flexibility index (Phi) is 5.94. The lowest BCUT2D eigenvalue weighted by Crippen LogP contribution is -2.48. The zero-order valence-corrected chi connectivity index (χ0v) is 13.2. The Balaban J connectivity index is 0.00000200. The molecule has 0 bridgehead atoms. The van der Waals surface area contributed by atoms with Gasteiger partial charge in [-0.15, -0.1) is 12.4 Å². The van der Waals surface area contributed by atoms with E-state index in [2.05, 4.69) is 10.0 Å². The van der Waals surface area contributed by atoms with Gasteiger partial charge in [0.05, 0.1) is 0 Å². The molecule has 1 saturated heterocycles. The van der Waals surface area contributed by atoms with E-state index in [9.17, 15) is 12.8 Å². The Hall–Kier alpha value is -0.690. The van der Waals surface area contributed by atoms with Crippen LogP contribution in [-0.2, 0) is 10.0 Å². The van der Waals surface area contributed by atoms with E-state index in [-0.39, 0.29) is 29.3 Å². The van der Waals surface area contributed by atoms with Crippen molar-refractivity contribution in [2.75, 3.05) is 13.1 Å². The molecule has 20 heavy (non-hydrogen) atoms. The Morgan fingerprint density at radius 3 is 2.75 bits per heavy atom. The molecular formula is C13H20ClFN2O2S. The van der Waals surface area contributed by atoms with Gasteiger partial charge in [0.25, 0.3) is 0 Å². The van der Waals surface area contributed by atoms with E-state index in [1.165, 1.54) is 6.07 Å². The number of rotatable bonds is 3. The first-order chi connectivity index (χ1) is 8.92. The van der Waals surface area contributed by atoms with Gasteiger partial charge in [-0.3, -0.25) is 0 Å². The van der Waals surface area contributed by atoms with E-state index in [1.807, 2.05) is 6.92 Å². The molecule has 2 unspecified atom stereocenters. The molecule has 2 N–H and O–H groups in total. The Labute approximate surface area is 125 Å². The summed E-state index contributed by atoms with van der Waals surface area (Å²) in [5.41, 5.74) is 0.334. The molecular weight excluding hydrogens is 303 g/mol. The van der Waals surface area contributed by atoms with Gasteiger partial charge in [-0.05, 0) is 44.0 Å². The van der Waals surface area contributed by atoms with Crippen LogP contribution < -0.4 is 10.0 Å². The highest BCUT2D eigenvalue weighted by atomic mass is 35.5. The van der Waals surface area contributed by atoms with Gasteiger partial charge in [0.2, 0.25) is 10.0 Å². The molecule has 1 aromatic carbocycles. The van der Waals surface area contributed by atoms with Gasteiger partial charge in [-0.25, -0.2) is 17.5 Å². The molecule has 0 amide bonds. The maximum Gasteiger partial charge on any atom is 0.243 e. The van der Waals surface area contributed by atoms with Crippen molar-refractivity contribution in [2.45, 2.75) is 31.2 Å². The van der Waals surface area contributed by atoms with Crippen molar-refractivity contribution in [3.05, 3.63) is 29.6 Å². The van der Waals surface area contributed by atoms with Crippen molar-refractivity contribution in [2.24, 2.45) is 5.92 Å². The zero-order valence-electron chi connectivity index (χ0n) is 11.5. The van der Waals surface area contributed by atoms with Crippen molar-refractivity contribution in [1.82, 2.24) is 10.0 Å². The summed E-state index contributed by atoms with van der Waals surface area (Å²) < 4.78 is 41.0. The molecule has 114 valence electrons. The standard InChI is InChI=1S/C13H19FN2O2S.ClH/c1-9-4-3-5-12(13(9)14)19(17,18)16-11-6-7-15-8-10(11)2;/h3-5,10-11,15-16H,6-8H2,1-2H3;1H. The van der Waals surface area contributed by atoms with Gasteiger partial charge in [-0.2, -0.15) is 0 Å². The van der Waals surface area contributed by atoms with Crippen LogP contribution in [0, 0.1) is 18.7 Å². The smallest absolute Gasteiger partial charge is 0.243 e. The van der Waals surface area contributed by atoms with Gasteiger partial charge in [0.1, 0.15) is 10.7 Å². The number of benzene rings is 1. The van der Waals surface area contributed by atoms with E-state index >= 15 is 0 Å². The summed E-state index contributed by atoms with van der Waals surface area (Å²) in [7, 11) is -3.80. The average molecular weight is 323 g/mol. The normalized spacial score (nSPS) is 23.1. The summed E-state index contributed by atoms with van der Waals surface area (Å²) >= 11 is 0. The van der Waals surface area contributed by atoms with Crippen LogP contribution in [-0.4, -0.2) is 27.5 Å². The van der Waals surface area contributed by atoms with Gasteiger partial charge in [0, 0.05) is 6.04 Å². The summed E-state index contributed by atoms with van der Waals surface area (Å²) in [5.74, 6) is -0.479. The number of hydrogen-bond donors (Lipinski definition) is 2. The predicted molar refractivity (Wildman–Crippen MR) is 79.1 cm³/mol. The minimum absolute atomic E-state index is 0. The Morgan fingerprint density at radius 2 is 2.10 bits per heavy atom. The first kappa shape index (κ1) is 17.4. The second-order valence-corrected chi connectivity index (χ2v) is 6.77. The fraction of sp³-hybridized carbons (Fsp3) is 0.538. The third kappa shape index (κ3) is 3.69. The highest BCUT2D eigenvalue weighted by molar-refractivity contribution is 7.89. The van der Waals surface area contributed by atoms with Crippen LogP contribution in [0.2, 0.25) is 0 Å². The summed E-state index contributed by atoms with van der Waals surface area (Å²) in [6.45, 7) is 5.07. The fourth-order valence-electron chi connectivity index (χ4n) is 2.28. The lowest BCUT2D eigenvalue weighted by atomic mass is 9.97. The molecule has 0 radical (unpaired) electrons. The number of nitrogens with one attached hydrogen (secondary N) is 2. The zero-order chi connectivity index (χ0) is 14.0. The molecule has 7 heteroatoms. The van der Waals surface area contributed by atoms with Crippen LogP contribution in [0.1, 0.15) is 18.9 Å². The first-order valence-electron chi connectivity index (χ1n) is 6.40. The molecule has 1 aromatic rings. The van der Waals surface area contributed by atoms with E-state index in [0.717, 1.165) is 13.1 Å². The maximum atomic E-state index is 13.9. The number of hydrogen-bond acceptors (Lipinski definition) is 3. The predicted octanol–water partition coefficient (Wildman–Crippen LogP) is 1.83. The van der Waals surface area contributed by atoms with E-state index < -0.39 is 15.8 Å². The molecule has 0 aromatic heterocycles. The molecule has 0 spiro atoms. The van der Waals surface area contributed by atoms with Crippen LogP contribution in [0.15, 0.2) is 23.1 Å². The molecule has 0 saturated carbocycles. The molecule has 0 aliphatic carbocycles. The summed E-state index contributed by atoms with van der Waals surface area (Å²) in [4.78, 5) is -0.266. The second kappa shape index (κ2) is 6.85. The molecule has 1 aliphatic heterocycles. The van der Waals surface area contributed by atoms with Crippen LogP contribution in [0.5, 0.6) is 0 Å². The molecule has 4 nitrogen and oxygen atoms in total. The van der Waals surface area contributed by atoms with Crippen molar-refractivity contribution in [3.8, 4) is 0 Å². The highest BCUT2D eigenvalue weighted by Gasteiger charge is 2.28. The lowest BCUT2D eigenvalue weighted by molar-refractivity contribution is 0.327. The van der Waals surface area contributed by atoms with Crippen molar-refractivity contribution < 1.29 is 12.8 Å². The minimum Gasteiger partial charge on any atom is -0.316 e. The molecule has 2 rings (SSSR count). The van der Waals surface area contributed by atoms with E-state index in [4.69, 9.17) is 0 Å².